The topological polar surface area (TPSA) is 56.7 Å². The molecule has 0 unspecified atom stereocenters. The molecule has 2 aromatic carbocycles. The summed E-state index contributed by atoms with van der Waals surface area (Å²) in [5, 5.41) is 8.12. The molecule has 0 amide bonds. The van der Waals surface area contributed by atoms with Gasteiger partial charge in [-0.15, -0.1) is 10.2 Å². The minimum Gasteiger partial charge on any atom is -0.399 e. The minimum absolute atomic E-state index is 0.755. The Kier molecular flexibility index (Phi) is 2.76. The molecule has 3 aromatic rings. The molecule has 94 valence electrons. The quantitative estimate of drug-likeness (QED) is 0.711. The molecule has 1 aromatic heterocycles. The van der Waals surface area contributed by atoms with Crippen molar-refractivity contribution in [2.75, 3.05) is 5.73 Å². The number of nitrogen functional groups attached to an aromatic ring is 1. The number of aromatic nitrogens is 3. The fourth-order valence-corrected chi connectivity index (χ4v) is 2.16. The van der Waals surface area contributed by atoms with Gasteiger partial charge < -0.3 is 10.3 Å². The summed E-state index contributed by atoms with van der Waals surface area (Å²) in [5.41, 5.74) is 9.85. The molecule has 0 aliphatic rings. The van der Waals surface area contributed by atoms with Crippen molar-refractivity contribution in [1.29, 1.82) is 0 Å². The van der Waals surface area contributed by atoms with Crippen molar-refractivity contribution in [3.05, 3.63) is 54.9 Å². The molecule has 2 N–H and O–H groups in total. The first-order valence-corrected chi connectivity index (χ1v) is 6.05. The van der Waals surface area contributed by atoms with Gasteiger partial charge in [0, 0.05) is 18.3 Å². The van der Waals surface area contributed by atoms with Gasteiger partial charge in [0.15, 0.2) is 5.82 Å². The van der Waals surface area contributed by atoms with E-state index in [2.05, 4.69) is 16.3 Å². The lowest BCUT2D eigenvalue weighted by molar-refractivity contribution is 0.920. The molecule has 0 atom stereocenters. The Labute approximate surface area is 111 Å². The number of hydrogen-bond donors (Lipinski definition) is 1. The van der Waals surface area contributed by atoms with Crippen molar-refractivity contribution in [3.8, 4) is 22.5 Å². The Bertz CT molecular complexity index is 715. The van der Waals surface area contributed by atoms with Crippen molar-refractivity contribution in [3.63, 3.8) is 0 Å². The van der Waals surface area contributed by atoms with Gasteiger partial charge in [0.25, 0.3) is 0 Å². The van der Waals surface area contributed by atoms with Crippen LogP contribution in [0.4, 0.5) is 5.69 Å². The van der Waals surface area contributed by atoms with Gasteiger partial charge in [-0.3, -0.25) is 0 Å². The maximum atomic E-state index is 5.86. The van der Waals surface area contributed by atoms with Gasteiger partial charge in [0.05, 0.1) is 0 Å². The van der Waals surface area contributed by atoms with Crippen LogP contribution in [0.5, 0.6) is 0 Å². The Morgan fingerprint density at radius 3 is 2.47 bits per heavy atom. The summed E-state index contributed by atoms with van der Waals surface area (Å²) in [7, 11) is 1.94. The Hall–Kier alpha value is -2.62. The molecule has 0 saturated heterocycles. The number of nitrogens with zero attached hydrogens (tertiary/aromatic N) is 3. The van der Waals surface area contributed by atoms with Crippen LogP contribution in [0.25, 0.3) is 22.5 Å². The van der Waals surface area contributed by atoms with Crippen LogP contribution < -0.4 is 5.73 Å². The number of nitrogens with two attached hydrogens (primary N) is 1. The molecule has 0 fully saturated rings. The summed E-state index contributed by atoms with van der Waals surface area (Å²) in [4.78, 5) is 0. The molecule has 0 saturated carbocycles. The lowest BCUT2D eigenvalue weighted by Crippen LogP contribution is -1.94. The van der Waals surface area contributed by atoms with Gasteiger partial charge in [0.1, 0.15) is 6.33 Å². The first-order chi connectivity index (χ1) is 9.25. The SMILES string of the molecule is Cn1cnnc1-c1ccccc1-c1cccc(N)c1. The van der Waals surface area contributed by atoms with E-state index in [1.807, 2.05) is 54.1 Å². The van der Waals surface area contributed by atoms with Gasteiger partial charge in [0.2, 0.25) is 0 Å². The third kappa shape index (κ3) is 2.08. The van der Waals surface area contributed by atoms with Gasteiger partial charge in [-0.25, -0.2) is 0 Å². The van der Waals surface area contributed by atoms with Crippen molar-refractivity contribution in [2.45, 2.75) is 0 Å². The monoisotopic (exact) mass is 250 g/mol. The molecule has 3 rings (SSSR count). The second-order valence-electron chi connectivity index (χ2n) is 4.44. The predicted molar refractivity (Wildman–Crippen MR) is 76.3 cm³/mol. The van der Waals surface area contributed by atoms with E-state index in [0.717, 1.165) is 28.2 Å². The summed E-state index contributed by atoms with van der Waals surface area (Å²) in [6, 6.07) is 16.0. The largest absolute Gasteiger partial charge is 0.399 e. The van der Waals surface area contributed by atoms with E-state index >= 15 is 0 Å². The summed E-state index contributed by atoms with van der Waals surface area (Å²) >= 11 is 0. The first-order valence-electron chi connectivity index (χ1n) is 6.05. The van der Waals surface area contributed by atoms with Gasteiger partial charge >= 0.3 is 0 Å². The Balaban J connectivity index is 2.21. The van der Waals surface area contributed by atoms with Crippen LogP contribution in [-0.4, -0.2) is 14.8 Å². The molecule has 0 aliphatic carbocycles. The van der Waals surface area contributed by atoms with Crippen molar-refractivity contribution >= 4 is 5.69 Å². The average molecular weight is 250 g/mol. The highest BCUT2D eigenvalue weighted by Gasteiger charge is 2.11. The zero-order valence-electron chi connectivity index (χ0n) is 10.6. The van der Waals surface area contributed by atoms with Crippen LogP contribution in [0.15, 0.2) is 54.9 Å². The molecule has 4 heteroatoms. The Morgan fingerprint density at radius 1 is 1.00 bits per heavy atom. The maximum Gasteiger partial charge on any atom is 0.164 e. The van der Waals surface area contributed by atoms with Crippen LogP contribution in [0, 0.1) is 0 Å². The number of rotatable bonds is 2. The average Bonchev–Trinajstić information content (AvgIpc) is 2.85. The summed E-state index contributed by atoms with van der Waals surface area (Å²) in [5.74, 6) is 0.845. The molecule has 0 bridgehead atoms. The molecule has 0 spiro atoms. The number of anilines is 1. The molecule has 19 heavy (non-hydrogen) atoms. The van der Waals surface area contributed by atoms with E-state index in [1.165, 1.54) is 0 Å². The number of benzene rings is 2. The second-order valence-corrected chi connectivity index (χ2v) is 4.44. The van der Waals surface area contributed by atoms with E-state index in [4.69, 9.17) is 5.73 Å². The minimum atomic E-state index is 0.755. The fraction of sp³-hybridized carbons (Fsp3) is 0.0667. The molecular weight excluding hydrogens is 236 g/mol. The van der Waals surface area contributed by atoms with Crippen LogP contribution >= 0.6 is 0 Å². The van der Waals surface area contributed by atoms with E-state index < -0.39 is 0 Å². The van der Waals surface area contributed by atoms with E-state index in [-0.39, 0.29) is 0 Å². The van der Waals surface area contributed by atoms with Crippen LogP contribution in [0.3, 0.4) is 0 Å². The second kappa shape index (κ2) is 4.57. The van der Waals surface area contributed by atoms with Gasteiger partial charge in [-0.2, -0.15) is 0 Å². The van der Waals surface area contributed by atoms with E-state index in [0.29, 0.717) is 0 Å². The van der Waals surface area contributed by atoms with Crippen LogP contribution in [-0.2, 0) is 7.05 Å². The molecule has 4 nitrogen and oxygen atoms in total. The summed E-state index contributed by atoms with van der Waals surface area (Å²) in [6.07, 6.45) is 1.70. The zero-order chi connectivity index (χ0) is 13.2. The van der Waals surface area contributed by atoms with Crippen molar-refractivity contribution < 1.29 is 0 Å². The van der Waals surface area contributed by atoms with E-state index in [1.54, 1.807) is 6.33 Å². The molecular formula is C15H14N4. The number of aryl methyl sites for hydroxylation is 1. The smallest absolute Gasteiger partial charge is 0.164 e. The maximum absolute atomic E-state index is 5.86. The van der Waals surface area contributed by atoms with Gasteiger partial charge in [-0.1, -0.05) is 36.4 Å². The first kappa shape index (κ1) is 11.5. The number of hydrogen-bond acceptors (Lipinski definition) is 3. The van der Waals surface area contributed by atoms with E-state index in [9.17, 15) is 0 Å². The van der Waals surface area contributed by atoms with Crippen LogP contribution in [0.2, 0.25) is 0 Å². The van der Waals surface area contributed by atoms with Gasteiger partial charge in [-0.05, 0) is 23.3 Å². The van der Waals surface area contributed by atoms with Crippen molar-refractivity contribution in [1.82, 2.24) is 14.8 Å². The third-order valence-electron chi connectivity index (χ3n) is 3.08. The highest BCUT2D eigenvalue weighted by atomic mass is 15.2. The third-order valence-corrected chi connectivity index (χ3v) is 3.08. The highest BCUT2D eigenvalue weighted by molar-refractivity contribution is 5.81. The standard InChI is InChI=1S/C15H14N4/c1-19-10-17-18-15(19)14-8-3-2-7-13(14)11-5-4-6-12(16)9-11/h2-10H,16H2,1H3. The summed E-state index contributed by atoms with van der Waals surface area (Å²) in [6.45, 7) is 0. The zero-order valence-corrected chi connectivity index (χ0v) is 10.6. The molecule has 1 heterocycles. The highest BCUT2D eigenvalue weighted by Crippen LogP contribution is 2.31. The lowest BCUT2D eigenvalue weighted by atomic mass is 9.99. The summed E-state index contributed by atoms with van der Waals surface area (Å²) < 4.78 is 1.91. The van der Waals surface area contributed by atoms with Crippen molar-refractivity contribution in [2.24, 2.45) is 7.05 Å². The normalized spacial score (nSPS) is 10.6. The fourth-order valence-electron chi connectivity index (χ4n) is 2.16. The predicted octanol–water partition coefficient (Wildman–Crippen LogP) is 2.73. The lowest BCUT2D eigenvalue weighted by Gasteiger charge is -2.09. The Morgan fingerprint density at radius 2 is 1.79 bits per heavy atom. The molecule has 0 radical (unpaired) electrons. The molecule has 0 aliphatic heterocycles. The van der Waals surface area contributed by atoms with Crippen LogP contribution in [0.1, 0.15) is 0 Å².